The molecule has 0 saturated carbocycles. The first-order valence-corrected chi connectivity index (χ1v) is 6.41. The van der Waals surface area contributed by atoms with Gasteiger partial charge in [-0.1, -0.05) is 18.2 Å². The van der Waals surface area contributed by atoms with E-state index < -0.39 is 5.82 Å². The molecule has 0 saturated heterocycles. The van der Waals surface area contributed by atoms with Gasteiger partial charge in [-0.2, -0.15) is 0 Å². The fourth-order valence-corrected chi connectivity index (χ4v) is 1.82. The average molecular weight is 289 g/mol. The van der Waals surface area contributed by atoms with Gasteiger partial charge in [0.1, 0.15) is 6.61 Å². The number of esters is 1. The van der Waals surface area contributed by atoms with E-state index in [1.165, 1.54) is 19.2 Å². The molecule has 0 aliphatic rings. The number of methoxy groups -OCH3 is 1. The summed E-state index contributed by atoms with van der Waals surface area (Å²) in [5, 5.41) is 0. The summed E-state index contributed by atoms with van der Waals surface area (Å²) in [6.07, 6.45) is 0.152. The van der Waals surface area contributed by atoms with Crippen LogP contribution in [-0.2, 0) is 22.6 Å². The molecule has 0 bridgehead atoms. The largest absolute Gasteiger partial charge is 0.494 e. The molecule has 0 amide bonds. The Hall–Kier alpha value is -2.56. The highest BCUT2D eigenvalue weighted by Gasteiger charge is 2.07. The van der Waals surface area contributed by atoms with Crippen molar-refractivity contribution in [1.29, 1.82) is 0 Å². The Balaban J connectivity index is 1.89. The molecule has 2 aromatic rings. The fourth-order valence-electron chi connectivity index (χ4n) is 1.82. The second kappa shape index (κ2) is 6.74. The van der Waals surface area contributed by atoms with Crippen LogP contribution in [0.4, 0.5) is 10.1 Å². The number of hydrogen-bond donors (Lipinski definition) is 1. The first-order chi connectivity index (χ1) is 10.1. The maximum absolute atomic E-state index is 13.5. The number of anilines is 1. The summed E-state index contributed by atoms with van der Waals surface area (Å²) >= 11 is 0. The van der Waals surface area contributed by atoms with Gasteiger partial charge in [0.15, 0.2) is 11.6 Å². The van der Waals surface area contributed by atoms with Gasteiger partial charge < -0.3 is 15.2 Å². The molecular weight excluding hydrogens is 273 g/mol. The highest BCUT2D eigenvalue weighted by Crippen LogP contribution is 2.18. The molecule has 0 heterocycles. The maximum Gasteiger partial charge on any atom is 0.310 e. The van der Waals surface area contributed by atoms with E-state index in [2.05, 4.69) is 0 Å². The Morgan fingerprint density at radius 2 is 1.81 bits per heavy atom. The maximum atomic E-state index is 13.5. The van der Waals surface area contributed by atoms with E-state index in [4.69, 9.17) is 15.2 Å². The molecule has 0 aliphatic carbocycles. The number of halogens is 1. The summed E-state index contributed by atoms with van der Waals surface area (Å²) in [4.78, 5) is 11.7. The Morgan fingerprint density at radius 1 is 1.14 bits per heavy atom. The highest BCUT2D eigenvalue weighted by molar-refractivity contribution is 5.72. The molecule has 0 aliphatic heterocycles. The lowest BCUT2D eigenvalue weighted by molar-refractivity contribution is -0.144. The first-order valence-electron chi connectivity index (χ1n) is 6.41. The molecule has 5 heteroatoms. The van der Waals surface area contributed by atoms with E-state index in [1.807, 2.05) is 0 Å². The zero-order valence-corrected chi connectivity index (χ0v) is 11.6. The van der Waals surface area contributed by atoms with E-state index in [9.17, 15) is 9.18 Å². The SMILES string of the molecule is COc1ccc(COC(=O)Cc2ccc(N)cc2)cc1F. The van der Waals surface area contributed by atoms with Crippen molar-refractivity contribution in [3.8, 4) is 5.75 Å². The second-order valence-corrected chi connectivity index (χ2v) is 4.55. The van der Waals surface area contributed by atoms with Crippen LogP contribution < -0.4 is 10.5 Å². The minimum Gasteiger partial charge on any atom is -0.494 e. The van der Waals surface area contributed by atoms with Crippen LogP contribution in [0.5, 0.6) is 5.75 Å². The van der Waals surface area contributed by atoms with Gasteiger partial charge in [0.2, 0.25) is 0 Å². The first kappa shape index (κ1) is 14.8. The normalized spacial score (nSPS) is 10.2. The number of rotatable bonds is 5. The minimum atomic E-state index is -0.482. The van der Waals surface area contributed by atoms with Gasteiger partial charge in [0.05, 0.1) is 13.5 Å². The van der Waals surface area contributed by atoms with Crippen molar-refractivity contribution >= 4 is 11.7 Å². The van der Waals surface area contributed by atoms with Crippen molar-refractivity contribution in [2.45, 2.75) is 13.0 Å². The summed E-state index contributed by atoms with van der Waals surface area (Å²) < 4.78 is 23.4. The predicted octanol–water partition coefficient (Wildman–Crippen LogP) is 2.70. The molecule has 4 nitrogen and oxygen atoms in total. The van der Waals surface area contributed by atoms with Gasteiger partial charge in [-0.15, -0.1) is 0 Å². The quantitative estimate of drug-likeness (QED) is 0.679. The van der Waals surface area contributed by atoms with Crippen molar-refractivity contribution in [3.63, 3.8) is 0 Å². The van der Waals surface area contributed by atoms with Crippen molar-refractivity contribution in [3.05, 3.63) is 59.4 Å². The van der Waals surface area contributed by atoms with E-state index in [0.29, 0.717) is 11.3 Å². The fraction of sp³-hybridized carbons (Fsp3) is 0.188. The van der Waals surface area contributed by atoms with Crippen LogP contribution in [0.25, 0.3) is 0 Å². The van der Waals surface area contributed by atoms with Gasteiger partial charge in [-0.3, -0.25) is 4.79 Å². The molecule has 110 valence electrons. The average Bonchev–Trinajstić information content (AvgIpc) is 2.48. The molecule has 0 spiro atoms. The molecule has 0 radical (unpaired) electrons. The molecule has 21 heavy (non-hydrogen) atoms. The topological polar surface area (TPSA) is 61.5 Å². The summed E-state index contributed by atoms with van der Waals surface area (Å²) in [7, 11) is 1.39. The number of nitrogens with two attached hydrogens (primary N) is 1. The second-order valence-electron chi connectivity index (χ2n) is 4.55. The zero-order chi connectivity index (χ0) is 15.2. The standard InChI is InChI=1S/C16H16FNO3/c1-20-15-7-4-12(8-14(15)17)10-21-16(19)9-11-2-5-13(18)6-3-11/h2-8H,9-10,18H2,1H3. The monoisotopic (exact) mass is 289 g/mol. The lowest BCUT2D eigenvalue weighted by Crippen LogP contribution is -2.08. The van der Waals surface area contributed by atoms with Gasteiger partial charge in [0, 0.05) is 5.69 Å². The zero-order valence-electron chi connectivity index (χ0n) is 11.6. The summed E-state index contributed by atoms with van der Waals surface area (Å²) in [6, 6.07) is 11.4. The molecule has 2 N–H and O–H groups in total. The van der Waals surface area contributed by atoms with Gasteiger partial charge in [-0.05, 0) is 35.4 Å². The number of carbonyl (C=O) groups is 1. The summed E-state index contributed by atoms with van der Waals surface area (Å²) in [6.45, 7) is 0.0225. The van der Waals surface area contributed by atoms with Crippen molar-refractivity contribution in [1.82, 2.24) is 0 Å². The third-order valence-electron chi connectivity index (χ3n) is 2.94. The minimum absolute atomic E-state index is 0.0225. The summed E-state index contributed by atoms with van der Waals surface area (Å²) in [5.41, 5.74) is 7.59. The van der Waals surface area contributed by atoms with Gasteiger partial charge in [0.25, 0.3) is 0 Å². The summed E-state index contributed by atoms with van der Waals surface area (Å²) in [5.74, 6) is -0.701. The number of ether oxygens (including phenoxy) is 2. The van der Waals surface area contributed by atoms with Crippen molar-refractivity contribution in [2.75, 3.05) is 12.8 Å². The van der Waals surface area contributed by atoms with Crippen LogP contribution >= 0.6 is 0 Å². The smallest absolute Gasteiger partial charge is 0.310 e. The third kappa shape index (κ3) is 4.21. The Labute approximate surface area is 122 Å². The van der Waals surface area contributed by atoms with Crippen LogP contribution in [0.3, 0.4) is 0 Å². The molecule has 2 aromatic carbocycles. The molecule has 2 rings (SSSR count). The van der Waals surface area contributed by atoms with Crippen LogP contribution in [0.1, 0.15) is 11.1 Å². The molecule has 0 fully saturated rings. The van der Waals surface area contributed by atoms with Gasteiger partial charge in [-0.25, -0.2) is 4.39 Å². The lowest BCUT2D eigenvalue weighted by atomic mass is 10.1. The van der Waals surface area contributed by atoms with Crippen LogP contribution in [-0.4, -0.2) is 13.1 Å². The number of nitrogen functional groups attached to an aromatic ring is 1. The van der Waals surface area contributed by atoms with Crippen LogP contribution in [0, 0.1) is 5.82 Å². The lowest BCUT2D eigenvalue weighted by Gasteiger charge is -2.07. The van der Waals surface area contributed by atoms with Crippen LogP contribution in [0.2, 0.25) is 0 Å². The Morgan fingerprint density at radius 3 is 2.43 bits per heavy atom. The molecular formula is C16H16FNO3. The van der Waals surface area contributed by atoms with Crippen LogP contribution in [0.15, 0.2) is 42.5 Å². The predicted molar refractivity (Wildman–Crippen MR) is 77.3 cm³/mol. The number of carbonyl (C=O) groups excluding carboxylic acids is 1. The third-order valence-corrected chi connectivity index (χ3v) is 2.94. The number of hydrogen-bond acceptors (Lipinski definition) is 4. The number of benzene rings is 2. The van der Waals surface area contributed by atoms with Crippen molar-refractivity contribution in [2.24, 2.45) is 0 Å². The Bertz CT molecular complexity index is 626. The molecule has 0 aromatic heterocycles. The van der Waals surface area contributed by atoms with E-state index in [0.717, 1.165) is 5.56 Å². The van der Waals surface area contributed by atoms with E-state index in [1.54, 1.807) is 30.3 Å². The van der Waals surface area contributed by atoms with E-state index in [-0.39, 0.29) is 24.7 Å². The highest BCUT2D eigenvalue weighted by atomic mass is 19.1. The van der Waals surface area contributed by atoms with E-state index >= 15 is 0 Å². The van der Waals surface area contributed by atoms with Gasteiger partial charge >= 0.3 is 5.97 Å². The van der Waals surface area contributed by atoms with Crippen molar-refractivity contribution < 1.29 is 18.7 Å². The molecule has 0 unspecified atom stereocenters. The molecule has 0 atom stereocenters. The Kier molecular flexibility index (Phi) is 4.77.